The van der Waals surface area contributed by atoms with Crippen LogP contribution in [-0.2, 0) is 6.54 Å². The van der Waals surface area contributed by atoms with Crippen molar-refractivity contribution in [2.75, 3.05) is 7.05 Å². The zero-order valence-corrected chi connectivity index (χ0v) is 9.74. The molecule has 1 rings (SSSR count). The molecule has 1 aromatic carbocycles. The molecule has 74 valence electrons. The van der Waals surface area contributed by atoms with E-state index in [0.717, 1.165) is 11.0 Å². The molecule has 0 aromatic heterocycles. The molecule has 0 spiro atoms. The van der Waals surface area contributed by atoms with Gasteiger partial charge in [-0.1, -0.05) is 28.1 Å². The van der Waals surface area contributed by atoms with Crippen LogP contribution in [0.25, 0.3) is 0 Å². The molecule has 0 heterocycles. The van der Waals surface area contributed by atoms with E-state index in [-0.39, 0.29) is 0 Å². The molecule has 0 bridgehead atoms. The van der Waals surface area contributed by atoms with Crippen LogP contribution in [0.15, 0.2) is 46.1 Å². The Hall–Kier alpha value is -1.09. The van der Waals surface area contributed by atoms with Gasteiger partial charge in [0.15, 0.2) is 0 Å². The molecule has 0 N–H and O–H groups in total. The number of hydrogen-bond acceptors (Lipinski definition) is 2. The zero-order chi connectivity index (χ0) is 10.4. The Bertz CT molecular complexity index is 334. The number of halogens is 1. The van der Waals surface area contributed by atoms with E-state index < -0.39 is 0 Å². The third-order valence-corrected chi connectivity index (χ3v) is 2.24. The second-order valence-electron chi connectivity index (χ2n) is 3.03. The van der Waals surface area contributed by atoms with Gasteiger partial charge in [-0.3, -0.25) is 4.99 Å². The van der Waals surface area contributed by atoms with Gasteiger partial charge in [-0.2, -0.15) is 0 Å². The van der Waals surface area contributed by atoms with Crippen LogP contribution < -0.4 is 0 Å². The van der Waals surface area contributed by atoms with Gasteiger partial charge in [-0.05, 0) is 24.4 Å². The fourth-order valence-corrected chi connectivity index (χ4v) is 1.58. The van der Waals surface area contributed by atoms with Gasteiger partial charge in [0.1, 0.15) is 0 Å². The van der Waals surface area contributed by atoms with E-state index >= 15 is 0 Å². The molecule has 0 aliphatic heterocycles. The van der Waals surface area contributed by atoms with Crippen molar-refractivity contribution >= 4 is 22.6 Å². The Kier molecular flexibility index (Phi) is 4.40. The molecule has 0 saturated heterocycles. The van der Waals surface area contributed by atoms with Crippen LogP contribution >= 0.6 is 15.9 Å². The lowest BCUT2D eigenvalue weighted by Crippen LogP contribution is -2.09. The maximum absolute atomic E-state index is 3.65. The fraction of sp³-hybridized carbons (Fsp3) is 0.182. The highest BCUT2D eigenvalue weighted by molar-refractivity contribution is 9.10. The molecular formula is C11H13BrN2. The van der Waals surface area contributed by atoms with Crippen molar-refractivity contribution in [2.45, 2.75) is 6.54 Å². The third kappa shape index (κ3) is 3.75. The monoisotopic (exact) mass is 252 g/mol. The van der Waals surface area contributed by atoms with Crippen molar-refractivity contribution in [1.82, 2.24) is 4.90 Å². The van der Waals surface area contributed by atoms with Crippen molar-refractivity contribution < 1.29 is 0 Å². The Balaban J connectivity index is 2.59. The summed E-state index contributed by atoms with van der Waals surface area (Å²) >= 11 is 3.44. The molecule has 3 heteroatoms. The first kappa shape index (κ1) is 11.0. The lowest BCUT2D eigenvalue weighted by atomic mass is 10.2. The van der Waals surface area contributed by atoms with Crippen molar-refractivity contribution in [3.05, 3.63) is 46.7 Å². The highest BCUT2D eigenvalue weighted by atomic mass is 79.9. The van der Waals surface area contributed by atoms with Gasteiger partial charge in [0, 0.05) is 30.5 Å². The van der Waals surface area contributed by atoms with Crippen molar-refractivity contribution in [3.8, 4) is 0 Å². The minimum atomic E-state index is 0.867. The second-order valence-corrected chi connectivity index (χ2v) is 3.94. The van der Waals surface area contributed by atoms with Crippen molar-refractivity contribution in [1.29, 1.82) is 0 Å². The Morgan fingerprint density at radius 2 is 2.36 bits per heavy atom. The number of nitrogens with zero attached hydrogens (tertiary/aromatic N) is 2. The molecule has 14 heavy (non-hydrogen) atoms. The van der Waals surface area contributed by atoms with Crippen LogP contribution in [0.1, 0.15) is 5.56 Å². The molecule has 2 nitrogen and oxygen atoms in total. The molecule has 0 fully saturated rings. The molecule has 0 atom stereocenters. The van der Waals surface area contributed by atoms with E-state index in [0.29, 0.717) is 0 Å². The Labute approximate surface area is 93.1 Å². The highest BCUT2D eigenvalue weighted by Gasteiger charge is 1.95. The van der Waals surface area contributed by atoms with E-state index in [4.69, 9.17) is 0 Å². The molecule has 0 unspecified atom stereocenters. The molecule has 0 aliphatic carbocycles. The number of rotatable bonds is 4. The predicted octanol–water partition coefficient (Wildman–Crippen LogP) is 3.05. The molecule has 0 saturated carbocycles. The lowest BCUT2D eigenvalue weighted by Gasteiger charge is -2.13. The number of aliphatic imine (C=N–C) groups is 1. The minimum Gasteiger partial charge on any atom is -0.375 e. The smallest absolute Gasteiger partial charge is 0.0421 e. The highest BCUT2D eigenvalue weighted by Crippen LogP contribution is 2.12. The maximum atomic E-state index is 3.65. The first-order valence-corrected chi connectivity index (χ1v) is 5.09. The summed E-state index contributed by atoms with van der Waals surface area (Å²) in [7, 11) is 2.00. The second kappa shape index (κ2) is 5.60. The van der Waals surface area contributed by atoms with E-state index in [1.807, 2.05) is 25.4 Å². The van der Waals surface area contributed by atoms with Crippen LogP contribution in [0.3, 0.4) is 0 Å². The van der Waals surface area contributed by atoms with E-state index in [1.165, 1.54) is 5.56 Å². The zero-order valence-electron chi connectivity index (χ0n) is 8.15. The fourth-order valence-electron chi connectivity index (χ4n) is 1.14. The predicted molar refractivity (Wildman–Crippen MR) is 64.3 cm³/mol. The summed E-state index contributed by atoms with van der Waals surface area (Å²) in [5.74, 6) is 0. The van der Waals surface area contributed by atoms with Gasteiger partial charge in [0.25, 0.3) is 0 Å². The minimum absolute atomic E-state index is 0.867. The summed E-state index contributed by atoms with van der Waals surface area (Å²) in [5, 5.41) is 0. The Morgan fingerprint density at radius 1 is 1.57 bits per heavy atom. The summed E-state index contributed by atoms with van der Waals surface area (Å²) in [6.07, 6.45) is 3.58. The van der Waals surface area contributed by atoms with Crippen LogP contribution in [-0.4, -0.2) is 18.7 Å². The summed E-state index contributed by atoms with van der Waals surface area (Å²) in [4.78, 5) is 5.71. The van der Waals surface area contributed by atoms with E-state index in [1.54, 1.807) is 6.20 Å². The maximum Gasteiger partial charge on any atom is 0.0421 e. The topological polar surface area (TPSA) is 15.6 Å². The largest absolute Gasteiger partial charge is 0.375 e. The van der Waals surface area contributed by atoms with E-state index in [9.17, 15) is 0 Å². The summed E-state index contributed by atoms with van der Waals surface area (Å²) < 4.78 is 1.11. The summed E-state index contributed by atoms with van der Waals surface area (Å²) in [6, 6.07) is 8.25. The van der Waals surface area contributed by atoms with Gasteiger partial charge in [0.05, 0.1) is 0 Å². The average molecular weight is 253 g/mol. The standard InChI is InChI=1S/C11H13BrN2/c1-13-6-7-14(2)9-10-4-3-5-11(12)8-10/h3-8H,1,9H2,2H3/b7-6-. The van der Waals surface area contributed by atoms with Crippen LogP contribution in [0.4, 0.5) is 0 Å². The summed E-state index contributed by atoms with van der Waals surface area (Å²) in [5.41, 5.74) is 1.26. The molecular weight excluding hydrogens is 240 g/mol. The molecule has 0 amide bonds. The molecule has 0 radical (unpaired) electrons. The van der Waals surface area contributed by atoms with Crippen LogP contribution in [0.5, 0.6) is 0 Å². The van der Waals surface area contributed by atoms with Gasteiger partial charge in [-0.25, -0.2) is 0 Å². The normalized spacial score (nSPS) is 10.4. The van der Waals surface area contributed by atoms with Gasteiger partial charge < -0.3 is 4.90 Å². The van der Waals surface area contributed by atoms with Crippen molar-refractivity contribution in [2.24, 2.45) is 4.99 Å². The summed E-state index contributed by atoms with van der Waals surface area (Å²) in [6.45, 7) is 4.25. The SMILES string of the molecule is C=N/C=C\N(C)Cc1cccc(Br)c1. The molecule has 1 aromatic rings. The quantitative estimate of drug-likeness (QED) is 0.753. The number of benzene rings is 1. The average Bonchev–Trinajstić information content (AvgIpc) is 2.15. The van der Waals surface area contributed by atoms with Crippen LogP contribution in [0, 0.1) is 0 Å². The van der Waals surface area contributed by atoms with Crippen LogP contribution in [0.2, 0.25) is 0 Å². The number of hydrogen-bond donors (Lipinski definition) is 0. The lowest BCUT2D eigenvalue weighted by molar-refractivity contribution is 0.450. The van der Waals surface area contributed by atoms with Gasteiger partial charge in [0.2, 0.25) is 0 Å². The Morgan fingerprint density at radius 3 is 3.00 bits per heavy atom. The third-order valence-electron chi connectivity index (χ3n) is 1.75. The van der Waals surface area contributed by atoms with Gasteiger partial charge >= 0.3 is 0 Å². The van der Waals surface area contributed by atoms with Crippen molar-refractivity contribution in [3.63, 3.8) is 0 Å². The molecule has 0 aliphatic rings. The first-order valence-electron chi connectivity index (χ1n) is 4.29. The first-order chi connectivity index (χ1) is 6.72. The van der Waals surface area contributed by atoms with E-state index in [2.05, 4.69) is 44.7 Å². The van der Waals surface area contributed by atoms with Gasteiger partial charge in [-0.15, -0.1) is 0 Å².